The lowest BCUT2D eigenvalue weighted by molar-refractivity contribution is -0.126. The predicted octanol–water partition coefficient (Wildman–Crippen LogP) is 2.47. The lowest BCUT2D eigenvalue weighted by Gasteiger charge is -2.29. The van der Waals surface area contributed by atoms with Crippen molar-refractivity contribution in [3.8, 4) is 0 Å². The summed E-state index contributed by atoms with van der Waals surface area (Å²) >= 11 is 0. The van der Waals surface area contributed by atoms with Gasteiger partial charge in [0.2, 0.25) is 5.91 Å². The van der Waals surface area contributed by atoms with Crippen LogP contribution in [0.3, 0.4) is 0 Å². The molecule has 1 rings (SSSR count). The first-order valence-corrected chi connectivity index (χ1v) is 6.88. The van der Waals surface area contributed by atoms with Crippen molar-refractivity contribution in [1.29, 1.82) is 0 Å². The third kappa shape index (κ3) is 4.35. The number of likely N-dealkylation sites (N-methyl/N-ethyl adjacent to an activating group) is 1. The molecule has 0 atom stereocenters. The number of hydrogen-bond donors (Lipinski definition) is 2. The fourth-order valence-corrected chi connectivity index (χ4v) is 2.04. The molecule has 0 fully saturated rings. The summed E-state index contributed by atoms with van der Waals surface area (Å²) in [7, 11) is 0. The monoisotopic (exact) mass is 262 g/mol. The van der Waals surface area contributed by atoms with E-state index in [4.69, 9.17) is 0 Å². The molecule has 19 heavy (non-hydrogen) atoms. The number of carbonyl (C=O) groups is 1. The summed E-state index contributed by atoms with van der Waals surface area (Å²) in [5.41, 5.74) is 0.636. The summed E-state index contributed by atoms with van der Waals surface area (Å²) in [6.45, 7) is 11.5. The Hall–Kier alpha value is -1.35. The second-order valence-electron chi connectivity index (χ2n) is 6.09. The molecule has 0 saturated heterocycles. The highest BCUT2D eigenvalue weighted by Gasteiger charge is 2.28. The molecule has 0 aliphatic rings. The van der Waals surface area contributed by atoms with E-state index in [0.29, 0.717) is 6.54 Å². The minimum atomic E-state index is -0.526. The summed E-state index contributed by atoms with van der Waals surface area (Å²) in [5, 5.41) is 6.23. The van der Waals surface area contributed by atoms with E-state index < -0.39 is 5.54 Å². The third-order valence-electron chi connectivity index (χ3n) is 3.43. The van der Waals surface area contributed by atoms with Gasteiger partial charge in [-0.05, 0) is 26.0 Å². The van der Waals surface area contributed by atoms with Crippen LogP contribution in [0.15, 0.2) is 30.3 Å². The number of amides is 1. The number of nitrogens with one attached hydrogen (secondary N) is 2. The molecule has 1 aromatic carbocycles. The molecule has 2 N–H and O–H groups in total. The zero-order valence-corrected chi connectivity index (χ0v) is 12.7. The van der Waals surface area contributed by atoms with Gasteiger partial charge in [0.25, 0.3) is 0 Å². The molecule has 0 aliphatic heterocycles. The van der Waals surface area contributed by atoms with Crippen molar-refractivity contribution in [2.45, 2.75) is 45.6 Å². The first kappa shape index (κ1) is 15.7. The van der Waals surface area contributed by atoms with Crippen LogP contribution in [-0.2, 0) is 10.2 Å². The SMILES string of the molecule is CCNC(C)(C)C(=O)NCC(C)(C)c1ccccc1. The first-order chi connectivity index (χ1) is 8.79. The smallest absolute Gasteiger partial charge is 0.239 e. The third-order valence-corrected chi connectivity index (χ3v) is 3.43. The van der Waals surface area contributed by atoms with E-state index in [1.807, 2.05) is 39.0 Å². The molecular formula is C16H26N2O. The highest BCUT2D eigenvalue weighted by molar-refractivity contribution is 5.85. The van der Waals surface area contributed by atoms with E-state index in [2.05, 4.69) is 36.6 Å². The second kappa shape index (κ2) is 6.20. The zero-order valence-electron chi connectivity index (χ0n) is 12.7. The molecular weight excluding hydrogens is 236 g/mol. The van der Waals surface area contributed by atoms with Crippen molar-refractivity contribution in [3.05, 3.63) is 35.9 Å². The van der Waals surface area contributed by atoms with Gasteiger partial charge in [0.05, 0.1) is 5.54 Å². The Morgan fingerprint density at radius 1 is 1.11 bits per heavy atom. The van der Waals surface area contributed by atoms with E-state index in [9.17, 15) is 4.79 Å². The molecule has 0 aliphatic carbocycles. The molecule has 1 aromatic rings. The topological polar surface area (TPSA) is 41.1 Å². The van der Waals surface area contributed by atoms with Crippen LogP contribution in [0.4, 0.5) is 0 Å². The largest absolute Gasteiger partial charge is 0.354 e. The molecule has 3 nitrogen and oxygen atoms in total. The van der Waals surface area contributed by atoms with E-state index in [0.717, 1.165) is 6.54 Å². The summed E-state index contributed by atoms with van der Waals surface area (Å²) in [6.07, 6.45) is 0. The maximum atomic E-state index is 12.2. The van der Waals surface area contributed by atoms with Crippen LogP contribution in [0, 0.1) is 0 Å². The van der Waals surface area contributed by atoms with Crippen molar-refractivity contribution >= 4 is 5.91 Å². The fraction of sp³-hybridized carbons (Fsp3) is 0.562. The van der Waals surface area contributed by atoms with Crippen molar-refractivity contribution in [2.24, 2.45) is 0 Å². The molecule has 0 aromatic heterocycles. The summed E-state index contributed by atoms with van der Waals surface area (Å²) in [5.74, 6) is 0.0401. The molecule has 0 bridgehead atoms. The van der Waals surface area contributed by atoms with Crippen molar-refractivity contribution in [1.82, 2.24) is 10.6 Å². The average molecular weight is 262 g/mol. The van der Waals surface area contributed by atoms with Gasteiger partial charge in [-0.15, -0.1) is 0 Å². The fourth-order valence-electron chi connectivity index (χ4n) is 2.04. The number of rotatable bonds is 6. The van der Waals surface area contributed by atoms with Gasteiger partial charge >= 0.3 is 0 Å². The molecule has 0 spiro atoms. The van der Waals surface area contributed by atoms with Crippen molar-refractivity contribution < 1.29 is 4.79 Å². The molecule has 0 unspecified atom stereocenters. The molecule has 106 valence electrons. The number of carbonyl (C=O) groups excluding carboxylic acids is 1. The van der Waals surface area contributed by atoms with Gasteiger partial charge < -0.3 is 10.6 Å². The van der Waals surface area contributed by atoms with Gasteiger partial charge in [-0.2, -0.15) is 0 Å². The van der Waals surface area contributed by atoms with Crippen LogP contribution in [0.2, 0.25) is 0 Å². The minimum absolute atomic E-state index is 0.0401. The van der Waals surface area contributed by atoms with Gasteiger partial charge in [0.15, 0.2) is 0 Å². The van der Waals surface area contributed by atoms with Gasteiger partial charge in [-0.25, -0.2) is 0 Å². The molecule has 1 amide bonds. The Morgan fingerprint density at radius 3 is 2.21 bits per heavy atom. The summed E-state index contributed by atoms with van der Waals surface area (Å²) in [4.78, 5) is 12.2. The molecule has 0 radical (unpaired) electrons. The Morgan fingerprint density at radius 2 is 1.68 bits per heavy atom. The van der Waals surface area contributed by atoms with Crippen LogP contribution in [0.25, 0.3) is 0 Å². The average Bonchev–Trinajstić information content (AvgIpc) is 2.37. The predicted molar refractivity (Wildman–Crippen MR) is 80.2 cm³/mol. The molecule has 3 heteroatoms. The minimum Gasteiger partial charge on any atom is -0.354 e. The van der Waals surface area contributed by atoms with E-state index in [1.165, 1.54) is 5.56 Å². The number of benzene rings is 1. The van der Waals surface area contributed by atoms with Gasteiger partial charge in [0.1, 0.15) is 0 Å². The van der Waals surface area contributed by atoms with Gasteiger partial charge in [-0.1, -0.05) is 51.1 Å². The Balaban J connectivity index is 2.64. The standard InChI is InChI=1S/C16H26N2O/c1-6-18-16(4,5)14(19)17-12-15(2,3)13-10-8-7-9-11-13/h7-11,18H,6,12H2,1-5H3,(H,17,19). The van der Waals surface area contributed by atoms with E-state index >= 15 is 0 Å². The van der Waals surface area contributed by atoms with Crippen LogP contribution >= 0.6 is 0 Å². The lowest BCUT2D eigenvalue weighted by Crippen LogP contribution is -2.54. The van der Waals surface area contributed by atoms with Gasteiger partial charge in [0, 0.05) is 12.0 Å². The normalized spacial score (nSPS) is 12.3. The molecule has 0 heterocycles. The Labute approximate surface area is 116 Å². The summed E-state index contributed by atoms with van der Waals surface area (Å²) in [6, 6.07) is 10.3. The Bertz CT molecular complexity index is 410. The maximum Gasteiger partial charge on any atom is 0.239 e. The highest BCUT2D eigenvalue weighted by Crippen LogP contribution is 2.21. The van der Waals surface area contributed by atoms with Crippen molar-refractivity contribution in [3.63, 3.8) is 0 Å². The highest BCUT2D eigenvalue weighted by atomic mass is 16.2. The number of hydrogen-bond acceptors (Lipinski definition) is 2. The van der Waals surface area contributed by atoms with Crippen LogP contribution in [0.1, 0.15) is 40.2 Å². The van der Waals surface area contributed by atoms with E-state index in [1.54, 1.807) is 0 Å². The molecule has 0 saturated carbocycles. The van der Waals surface area contributed by atoms with Crippen LogP contribution in [0.5, 0.6) is 0 Å². The first-order valence-electron chi connectivity index (χ1n) is 6.88. The van der Waals surface area contributed by atoms with E-state index in [-0.39, 0.29) is 11.3 Å². The van der Waals surface area contributed by atoms with Gasteiger partial charge in [-0.3, -0.25) is 4.79 Å². The van der Waals surface area contributed by atoms with Crippen LogP contribution < -0.4 is 10.6 Å². The lowest BCUT2D eigenvalue weighted by atomic mass is 9.84. The zero-order chi connectivity index (χ0) is 14.5. The Kier molecular flexibility index (Phi) is 5.12. The van der Waals surface area contributed by atoms with Crippen LogP contribution in [-0.4, -0.2) is 24.5 Å². The quantitative estimate of drug-likeness (QED) is 0.827. The summed E-state index contributed by atoms with van der Waals surface area (Å²) < 4.78 is 0. The maximum absolute atomic E-state index is 12.2. The van der Waals surface area contributed by atoms with Crippen molar-refractivity contribution in [2.75, 3.05) is 13.1 Å². The second-order valence-corrected chi connectivity index (χ2v) is 6.09.